The van der Waals surface area contributed by atoms with Gasteiger partial charge in [-0.1, -0.05) is 31.4 Å². The van der Waals surface area contributed by atoms with Crippen molar-refractivity contribution < 1.29 is 14.3 Å². The van der Waals surface area contributed by atoms with Crippen LogP contribution in [0.15, 0.2) is 18.2 Å². The lowest BCUT2D eigenvalue weighted by Gasteiger charge is -2.32. The molecule has 104 valence electrons. The average molecular weight is 265 g/mol. The van der Waals surface area contributed by atoms with E-state index in [0.29, 0.717) is 18.4 Å². The van der Waals surface area contributed by atoms with Crippen molar-refractivity contribution in [2.75, 3.05) is 6.54 Å². The fraction of sp³-hybridized carbons (Fsp3) is 0.533. The second kappa shape index (κ2) is 5.70. The maximum absolute atomic E-state index is 13.8. The van der Waals surface area contributed by atoms with Crippen molar-refractivity contribution in [3.05, 3.63) is 35.1 Å². The lowest BCUT2D eigenvalue weighted by Crippen LogP contribution is -2.44. The summed E-state index contributed by atoms with van der Waals surface area (Å²) in [5.41, 5.74) is -0.336. The average Bonchev–Trinajstić information content (AvgIpc) is 2.40. The van der Waals surface area contributed by atoms with Crippen LogP contribution < -0.4 is 5.32 Å². The molecule has 0 radical (unpaired) electrons. The fourth-order valence-electron chi connectivity index (χ4n) is 2.55. The number of halogens is 1. The number of hydrogen-bond donors (Lipinski definition) is 2. The number of aryl methyl sites for hydroxylation is 1. The molecule has 1 amide bonds. The van der Waals surface area contributed by atoms with E-state index in [1.54, 1.807) is 19.1 Å². The highest BCUT2D eigenvalue weighted by atomic mass is 19.1. The fourth-order valence-corrected chi connectivity index (χ4v) is 2.55. The van der Waals surface area contributed by atoms with Crippen molar-refractivity contribution in [2.45, 2.75) is 44.6 Å². The first-order valence-corrected chi connectivity index (χ1v) is 6.77. The zero-order valence-electron chi connectivity index (χ0n) is 11.2. The molecule has 0 atom stereocenters. The number of rotatable bonds is 3. The maximum Gasteiger partial charge on any atom is 0.254 e. The van der Waals surface area contributed by atoms with Crippen molar-refractivity contribution in [1.82, 2.24) is 5.32 Å². The Morgan fingerprint density at radius 3 is 2.74 bits per heavy atom. The van der Waals surface area contributed by atoms with Crippen LogP contribution >= 0.6 is 0 Å². The Bertz CT molecular complexity index is 467. The number of nitrogens with one attached hydrogen (secondary N) is 1. The van der Waals surface area contributed by atoms with E-state index < -0.39 is 17.3 Å². The molecule has 0 unspecified atom stereocenters. The Hall–Kier alpha value is -1.42. The van der Waals surface area contributed by atoms with Gasteiger partial charge in [0.1, 0.15) is 5.82 Å². The highest BCUT2D eigenvalue weighted by molar-refractivity contribution is 5.94. The number of hydrogen-bond acceptors (Lipinski definition) is 2. The molecule has 4 heteroatoms. The first-order valence-electron chi connectivity index (χ1n) is 6.77. The van der Waals surface area contributed by atoms with Crippen LogP contribution in [-0.2, 0) is 0 Å². The van der Waals surface area contributed by atoms with Gasteiger partial charge in [-0.2, -0.15) is 0 Å². The van der Waals surface area contributed by atoms with Crippen LogP contribution in [0.3, 0.4) is 0 Å². The van der Waals surface area contributed by atoms with Gasteiger partial charge in [0, 0.05) is 6.54 Å². The molecular formula is C15H20FNO2. The van der Waals surface area contributed by atoms with Crippen molar-refractivity contribution >= 4 is 5.91 Å². The SMILES string of the molecule is Cc1cccc(C(=O)NCC2(O)CCCCC2)c1F. The molecule has 0 heterocycles. The quantitative estimate of drug-likeness (QED) is 0.882. The summed E-state index contributed by atoms with van der Waals surface area (Å²) in [7, 11) is 0. The third kappa shape index (κ3) is 3.32. The summed E-state index contributed by atoms with van der Waals surface area (Å²) in [6.07, 6.45) is 4.48. The van der Waals surface area contributed by atoms with Crippen LogP contribution in [0.4, 0.5) is 4.39 Å². The molecule has 2 N–H and O–H groups in total. The molecule has 0 aromatic heterocycles. The topological polar surface area (TPSA) is 49.3 Å². The molecule has 19 heavy (non-hydrogen) atoms. The van der Waals surface area contributed by atoms with E-state index in [-0.39, 0.29) is 12.1 Å². The molecule has 0 bridgehead atoms. The van der Waals surface area contributed by atoms with Crippen molar-refractivity contribution in [1.29, 1.82) is 0 Å². The van der Waals surface area contributed by atoms with Crippen molar-refractivity contribution in [2.24, 2.45) is 0 Å². The van der Waals surface area contributed by atoms with Crippen LogP contribution in [0.2, 0.25) is 0 Å². The second-order valence-corrected chi connectivity index (χ2v) is 5.40. The highest BCUT2D eigenvalue weighted by Crippen LogP contribution is 2.27. The Kier molecular flexibility index (Phi) is 4.20. The maximum atomic E-state index is 13.8. The molecule has 0 aliphatic heterocycles. The van der Waals surface area contributed by atoms with Gasteiger partial charge >= 0.3 is 0 Å². The summed E-state index contributed by atoms with van der Waals surface area (Å²) in [6, 6.07) is 4.74. The number of aliphatic hydroxyl groups is 1. The first kappa shape index (κ1) is 14.0. The Morgan fingerprint density at radius 2 is 2.05 bits per heavy atom. The third-order valence-electron chi connectivity index (χ3n) is 3.80. The van der Waals surface area contributed by atoms with E-state index in [4.69, 9.17) is 0 Å². The van der Waals surface area contributed by atoms with Gasteiger partial charge in [0.15, 0.2) is 0 Å². The standard InChI is InChI=1S/C15H20FNO2/c1-11-6-5-7-12(13(11)16)14(18)17-10-15(19)8-3-2-4-9-15/h5-7,19H,2-4,8-10H2,1H3,(H,17,18). The van der Waals surface area contributed by atoms with E-state index in [1.165, 1.54) is 6.07 Å². The Balaban J connectivity index is 1.99. The van der Waals surface area contributed by atoms with E-state index in [1.807, 2.05) is 0 Å². The minimum Gasteiger partial charge on any atom is -0.388 e. The molecular weight excluding hydrogens is 245 g/mol. The second-order valence-electron chi connectivity index (χ2n) is 5.40. The van der Waals surface area contributed by atoms with Gasteiger partial charge in [0.05, 0.1) is 11.2 Å². The Morgan fingerprint density at radius 1 is 1.37 bits per heavy atom. The normalized spacial score (nSPS) is 18.1. The van der Waals surface area contributed by atoms with Crippen LogP contribution in [0.25, 0.3) is 0 Å². The minimum absolute atomic E-state index is 0.0411. The van der Waals surface area contributed by atoms with Gasteiger partial charge in [-0.25, -0.2) is 4.39 Å². The smallest absolute Gasteiger partial charge is 0.254 e. The van der Waals surface area contributed by atoms with E-state index in [2.05, 4.69) is 5.32 Å². The Labute approximate surface area is 112 Å². The van der Waals surface area contributed by atoms with Gasteiger partial charge in [0.2, 0.25) is 0 Å². The molecule has 1 aromatic rings. The van der Waals surface area contributed by atoms with Crippen LogP contribution in [-0.4, -0.2) is 23.2 Å². The summed E-state index contributed by atoms with van der Waals surface area (Å²) in [5.74, 6) is -0.948. The van der Waals surface area contributed by atoms with E-state index in [9.17, 15) is 14.3 Å². The first-order chi connectivity index (χ1) is 9.02. The summed E-state index contributed by atoms with van der Waals surface area (Å²) < 4.78 is 13.8. The van der Waals surface area contributed by atoms with Crippen molar-refractivity contribution in [3.8, 4) is 0 Å². The zero-order chi connectivity index (χ0) is 13.9. The zero-order valence-corrected chi connectivity index (χ0v) is 11.2. The predicted octanol–water partition coefficient (Wildman–Crippen LogP) is 2.56. The lowest BCUT2D eigenvalue weighted by molar-refractivity contribution is 0.00521. The van der Waals surface area contributed by atoms with E-state index in [0.717, 1.165) is 19.3 Å². The molecule has 2 rings (SSSR count). The molecule has 0 spiro atoms. The minimum atomic E-state index is -0.825. The number of carbonyl (C=O) groups excluding carboxylic acids is 1. The predicted molar refractivity (Wildman–Crippen MR) is 71.5 cm³/mol. The molecule has 1 aliphatic carbocycles. The van der Waals surface area contributed by atoms with Gasteiger partial charge < -0.3 is 10.4 Å². The summed E-state index contributed by atoms with van der Waals surface area (Å²) in [4.78, 5) is 11.9. The molecule has 1 aromatic carbocycles. The summed E-state index contributed by atoms with van der Waals surface area (Å²) >= 11 is 0. The largest absolute Gasteiger partial charge is 0.388 e. The summed E-state index contributed by atoms with van der Waals surface area (Å²) in [6.45, 7) is 1.82. The number of benzene rings is 1. The van der Waals surface area contributed by atoms with Gasteiger partial charge in [-0.3, -0.25) is 4.79 Å². The molecule has 1 aliphatic rings. The molecule has 0 saturated heterocycles. The van der Waals surface area contributed by atoms with Crippen molar-refractivity contribution in [3.63, 3.8) is 0 Å². The monoisotopic (exact) mass is 265 g/mol. The number of amides is 1. The van der Waals surface area contributed by atoms with Gasteiger partial charge in [-0.15, -0.1) is 0 Å². The van der Waals surface area contributed by atoms with Crippen LogP contribution in [0.5, 0.6) is 0 Å². The lowest BCUT2D eigenvalue weighted by atomic mass is 9.85. The van der Waals surface area contributed by atoms with Gasteiger partial charge in [0.25, 0.3) is 5.91 Å². The molecule has 1 saturated carbocycles. The molecule has 1 fully saturated rings. The van der Waals surface area contributed by atoms with Gasteiger partial charge in [-0.05, 0) is 31.4 Å². The van der Waals surface area contributed by atoms with Crippen LogP contribution in [0, 0.1) is 12.7 Å². The highest BCUT2D eigenvalue weighted by Gasteiger charge is 2.29. The van der Waals surface area contributed by atoms with Crippen LogP contribution in [0.1, 0.15) is 48.0 Å². The van der Waals surface area contributed by atoms with E-state index >= 15 is 0 Å². The third-order valence-corrected chi connectivity index (χ3v) is 3.80. The molecule has 3 nitrogen and oxygen atoms in total. The number of carbonyl (C=O) groups is 1. The summed E-state index contributed by atoms with van der Waals surface area (Å²) in [5, 5.41) is 12.9.